The summed E-state index contributed by atoms with van der Waals surface area (Å²) in [5.74, 6) is -0.481. The van der Waals surface area contributed by atoms with Gasteiger partial charge in [-0.3, -0.25) is 0 Å². The normalized spacial score (nSPS) is 10.2. The number of nitrogens with zero attached hydrogens (tertiary/aromatic N) is 3. The quantitative estimate of drug-likeness (QED) is 0.811. The molecule has 2 aromatic rings. The van der Waals surface area contributed by atoms with Gasteiger partial charge >= 0.3 is 5.97 Å². The zero-order valence-corrected chi connectivity index (χ0v) is 10.7. The van der Waals surface area contributed by atoms with Crippen LogP contribution in [-0.2, 0) is 11.3 Å². The number of hydrogen-bond donors (Lipinski definition) is 0. The Bertz CT molecular complexity index is 539. The number of hydrogen-bond acceptors (Lipinski definition) is 4. The van der Waals surface area contributed by atoms with Crippen LogP contribution in [0.5, 0.6) is 0 Å². The molecule has 0 bridgehead atoms. The molecule has 0 atom stereocenters. The van der Waals surface area contributed by atoms with Crippen LogP contribution in [-0.4, -0.2) is 28.1 Å². The summed E-state index contributed by atoms with van der Waals surface area (Å²) < 4.78 is 7.15. The van der Waals surface area contributed by atoms with Crippen LogP contribution in [0.1, 0.15) is 16.1 Å². The van der Waals surface area contributed by atoms with Gasteiger partial charge in [0.15, 0.2) is 5.69 Å². The van der Waals surface area contributed by atoms with Gasteiger partial charge in [-0.1, -0.05) is 33.3 Å². The fourth-order valence-electron chi connectivity index (χ4n) is 1.40. The number of aromatic nitrogens is 3. The van der Waals surface area contributed by atoms with E-state index >= 15 is 0 Å². The van der Waals surface area contributed by atoms with Crippen molar-refractivity contribution in [2.75, 3.05) is 7.11 Å². The average Bonchev–Trinajstić information content (AvgIpc) is 2.76. The van der Waals surface area contributed by atoms with Crippen molar-refractivity contribution in [3.05, 3.63) is 46.2 Å². The van der Waals surface area contributed by atoms with Crippen molar-refractivity contribution in [2.24, 2.45) is 0 Å². The molecule has 6 heteroatoms. The first-order valence-corrected chi connectivity index (χ1v) is 5.71. The molecule has 0 aliphatic rings. The van der Waals surface area contributed by atoms with Crippen molar-refractivity contribution in [2.45, 2.75) is 6.54 Å². The summed E-state index contributed by atoms with van der Waals surface area (Å²) in [4.78, 5) is 11.2. The van der Waals surface area contributed by atoms with Crippen molar-refractivity contribution in [3.8, 4) is 0 Å². The van der Waals surface area contributed by atoms with Gasteiger partial charge in [0, 0.05) is 4.47 Å². The minimum absolute atomic E-state index is 0.211. The lowest BCUT2D eigenvalue weighted by Crippen LogP contribution is -2.01. The molecule has 0 spiro atoms. The molecule has 1 aromatic carbocycles. The zero-order chi connectivity index (χ0) is 12.3. The van der Waals surface area contributed by atoms with Crippen LogP contribution < -0.4 is 0 Å². The van der Waals surface area contributed by atoms with E-state index in [0.29, 0.717) is 6.54 Å². The second kappa shape index (κ2) is 5.09. The lowest BCUT2D eigenvalue weighted by molar-refractivity contribution is 0.0594. The van der Waals surface area contributed by atoms with Crippen LogP contribution in [0.3, 0.4) is 0 Å². The fraction of sp³-hybridized carbons (Fsp3) is 0.182. The molecule has 0 amide bonds. The molecule has 17 heavy (non-hydrogen) atoms. The lowest BCUT2D eigenvalue weighted by Gasteiger charge is -2.00. The van der Waals surface area contributed by atoms with Gasteiger partial charge in [0.1, 0.15) is 0 Å². The maximum absolute atomic E-state index is 11.2. The Hall–Kier alpha value is -1.69. The van der Waals surface area contributed by atoms with Gasteiger partial charge in [0.25, 0.3) is 0 Å². The zero-order valence-electron chi connectivity index (χ0n) is 9.13. The number of methoxy groups -OCH3 is 1. The standard InChI is InChI=1S/C11H10BrN3O2/c1-17-11(16)10-7-15(14-13-10)6-8-3-2-4-9(12)5-8/h2-5,7H,6H2,1H3. The molecule has 0 N–H and O–H groups in total. The summed E-state index contributed by atoms with van der Waals surface area (Å²) in [7, 11) is 1.32. The molecule has 0 unspecified atom stereocenters. The predicted octanol–water partition coefficient (Wildman–Crippen LogP) is 1.88. The van der Waals surface area contributed by atoms with Gasteiger partial charge in [0.2, 0.25) is 0 Å². The van der Waals surface area contributed by atoms with E-state index in [9.17, 15) is 4.79 Å². The molecule has 0 fully saturated rings. The van der Waals surface area contributed by atoms with E-state index in [1.165, 1.54) is 7.11 Å². The molecule has 0 saturated heterocycles. The number of ether oxygens (including phenoxy) is 1. The van der Waals surface area contributed by atoms with E-state index in [2.05, 4.69) is 31.0 Å². The Kier molecular flexibility index (Phi) is 3.53. The van der Waals surface area contributed by atoms with Crippen molar-refractivity contribution in [3.63, 3.8) is 0 Å². The predicted molar refractivity (Wildman–Crippen MR) is 64.6 cm³/mol. The molecule has 0 radical (unpaired) electrons. The summed E-state index contributed by atoms with van der Waals surface area (Å²) >= 11 is 3.40. The van der Waals surface area contributed by atoms with E-state index in [4.69, 9.17) is 0 Å². The monoisotopic (exact) mass is 295 g/mol. The smallest absolute Gasteiger partial charge is 0.360 e. The first-order chi connectivity index (χ1) is 8.19. The Morgan fingerprint density at radius 1 is 1.53 bits per heavy atom. The third-order valence-corrected chi connectivity index (χ3v) is 2.66. The van der Waals surface area contributed by atoms with Crippen LogP contribution in [0.25, 0.3) is 0 Å². The van der Waals surface area contributed by atoms with Crippen LogP contribution in [0.15, 0.2) is 34.9 Å². The molecule has 5 nitrogen and oxygen atoms in total. The van der Waals surface area contributed by atoms with Gasteiger partial charge in [-0.05, 0) is 17.7 Å². The summed E-state index contributed by atoms with van der Waals surface area (Å²) in [6.07, 6.45) is 1.56. The first kappa shape index (κ1) is 11.8. The van der Waals surface area contributed by atoms with Gasteiger partial charge in [-0.15, -0.1) is 5.10 Å². The highest BCUT2D eigenvalue weighted by atomic mass is 79.9. The van der Waals surface area contributed by atoms with Crippen LogP contribution in [0.2, 0.25) is 0 Å². The highest BCUT2D eigenvalue weighted by Crippen LogP contribution is 2.12. The Morgan fingerprint density at radius 2 is 2.35 bits per heavy atom. The van der Waals surface area contributed by atoms with Crippen LogP contribution >= 0.6 is 15.9 Å². The van der Waals surface area contributed by atoms with Gasteiger partial charge in [-0.25, -0.2) is 9.48 Å². The number of halogens is 1. The number of rotatable bonds is 3. The minimum Gasteiger partial charge on any atom is -0.464 e. The fourth-order valence-corrected chi connectivity index (χ4v) is 1.84. The minimum atomic E-state index is -0.481. The Morgan fingerprint density at radius 3 is 3.06 bits per heavy atom. The third-order valence-electron chi connectivity index (χ3n) is 2.17. The molecule has 2 rings (SSSR count). The van der Waals surface area contributed by atoms with Crippen LogP contribution in [0.4, 0.5) is 0 Å². The van der Waals surface area contributed by atoms with E-state index in [0.717, 1.165) is 10.0 Å². The first-order valence-electron chi connectivity index (χ1n) is 4.92. The van der Waals surface area contributed by atoms with Gasteiger partial charge in [0.05, 0.1) is 19.9 Å². The largest absolute Gasteiger partial charge is 0.464 e. The number of benzene rings is 1. The van der Waals surface area contributed by atoms with Gasteiger partial charge < -0.3 is 4.74 Å². The van der Waals surface area contributed by atoms with Crippen molar-refractivity contribution < 1.29 is 9.53 Å². The second-order valence-corrected chi connectivity index (χ2v) is 4.34. The molecule has 1 heterocycles. The van der Waals surface area contributed by atoms with E-state index in [1.807, 2.05) is 24.3 Å². The number of carbonyl (C=O) groups is 1. The molecule has 0 aliphatic carbocycles. The highest BCUT2D eigenvalue weighted by molar-refractivity contribution is 9.10. The molecular formula is C11H10BrN3O2. The molecule has 0 saturated carbocycles. The van der Waals surface area contributed by atoms with E-state index in [1.54, 1.807) is 10.9 Å². The Balaban J connectivity index is 2.14. The van der Waals surface area contributed by atoms with Crippen molar-refractivity contribution in [1.82, 2.24) is 15.0 Å². The topological polar surface area (TPSA) is 57.0 Å². The highest BCUT2D eigenvalue weighted by Gasteiger charge is 2.10. The molecule has 88 valence electrons. The summed E-state index contributed by atoms with van der Waals surface area (Å²) in [6, 6.07) is 7.85. The molecule has 0 aliphatic heterocycles. The maximum atomic E-state index is 11.2. The van der Waals surface area contributed by atoms with Crippen molar-refractivity contribution in [1.29, 1.82) is 0 Å². The number of carbonyl (C=O) groups excluding carboxylic acids is 1. The molecular weight excluding hydrogens is 286 g/mol. The van der Waals surface area contributed by atoms with E-state index < -0.39 is 5.97 Å². The summed E-state index contributed by atoms with van der Waals surface area (Å²) in [6.45, 7) is 0.559. The maximum Gasteiger partial charge on any atom is 0.360 e. The number of esters is 1. The van der Waals surface area contributed by atoms with E-state index in [-0.39, 0.29) is 5.69 Å². The molecule has 1 aromatic heterocycles. The summed E-state index contributed by atoms with van der Waals surface area (Å²) in [5, 5.41) is 7.59. The third kappa shape index (κ3) is 2.91. The average molecular weight is 296 g/mol. The van der Waals surface area contributed by atoms with Gasteiger partial charge in [-0.2, -0.15) is 0 Å². The SMILES string of the molecule is COC(=O)c1cn(Cc2cccc(Br)c2)nn1. The van der Waals surface area contributed by atoms with Crippen LogP contribution in [0, 0.1) is 0 Å². The second-order valence-electron chi connectivity index (χ2n) is 3.42. The van der Waals surface area contributed by atoms with Crippen molar-refractivity contribution >= 4 is 21.9 Å². The lowest BCUT2D eigenvalue weighted by atomic mass is 10.2. The Labute approximate surface area is 107 Å². The summed E-state index contributed by atoms with van der Waals surface area (Å²) in [5.41, 5.74) is 1.28.